The number of fused-ring (bicyclic) bond motifs is 4. The highest BCUT2D eigenvalue weighted by Gasteiger charge is 2.47. The van der Waals surface area contributed by atoms with Crippen LogP contribution in [0.4, 0.5) is 0 Å². The molecule has 0 unspecified atom stereocenters. The number of hydrogen-bond donors (Lipinski definition) is 0. The Labute approximate surface area is 381 Å². The van der Waals surface area contributed by atoms with Crippen molar-refractivity contribution in [3.63, 3.8) is 0 Å². The monoisotopic (exact) mass is 882 g/mol. The maximum Gasteiger partial charge on any atom is 0.281 e. The van der Waals surface area contributed by atoms with E-state index in [4.69, 9.17) is 0 Å². The minimum atomic E-state index is -0.851. The van der Waals surface area contributed by atoms with Crippen LogP contribution in [0, 0.1) is 0 Å². The number of imide groups is 4. The predicted molar refractivity (Wildman–Crippen MR) is 253 cm³/mol. The van der Waals surface area contributed by atoms with Crippen LogP contribution >= 0.6 is 0 Å². The molecule has 15 rings (SSSR count). The van der Waals surface area contributed by atoms with Gasteiger partial charge in [-0.05, 0) is 119 Å². The van der Waals surface area contributed by atoms with E-state index in [9.17, 15) is 38.4 Å². The summed E-state index contributed by atoms with van der Waals surface area (Å²) in [7, 11) is 1.46. The highest BCUT2D eigenvalue weighted by Crippen LogP contribution is 2.49. The molecule has 8 amide bonds. The molecule has 0 atom stereocenters. The normalized spacial score (nSPS) is 15.9. The lowest BCUT2D eigenvalue weighted by atomic mass is 9.82. The Kier molecular flexibility index (Phi) is 6.54. The summed E-state index contributed by atoms with van der Waals surface area (Å²) < 4.78 is 0. The van der Waals surface area contributed by atoms with Crippen molar-refractivity contribution < 1.29 is 38.4 Å². The molecule has 0 radical (unpaired) electrons. The van der Waals surface area contributed by atoms with Crippen LogP contribution in [0.2, 0.25) is 0 Å². The van der Waals surface area contributed by atoms with E-state index in [-0.39, 0.29) is 28.8 Å². The van der Waals surface area contributed by atoms with Crippen molar-refractivity contribution in [2.45, 2.75) is 6.54 Å². The Morgan fingerprint density at radius 3 is 0.809 bits per heavy atom. The number of rotatable bonds is 3. The van der Waals surface area contributed by atoms with E-state index in [0.29, 0.717) is 86.1 Å². The Morgan fingerprint density at radius 2 is 0.529 bits per heavy atom. The number of nitrogens with zero attached hydrogens (tertiary/aromatic N) is 4. The summed E-state index contributed by atoms with van der Waals surface area (Å²) in [5.41, 5.74) is 2.91. The van der Waals surface area contributed by atoms with Gasteiger partial charge in [-0.2, -0.15) is 10.0 Å². The standard InChI is InChI=1S/C56H26N4O8/c1-57-49(61)33-15-7-25-29-11-19-37-47-38(20-12-30(43(29)47)26-8-16-34(50(57)62)45(33)41(25)26)54(66)59(53(37)65)60-55(67)39-21-13-31-27-9-17-35-46-36(52(64)58(51(35)63)23-24-5-3-2-4-6-24)18-10-28(42(27)46)32-14-22-40(56(60)68)48(39)44(31)32/h2-22H,23H2,1H3. The second kappa shape index (κ2) is 12.1. The number of hydrazine groups is 1. The molecule has 11 aromatic carbocycles. The average molecular weight is 883 g/mol. The fourth-order valence-corrected chi connectivity index (χ4v) is 12.0. The SMILES string of the molecule is CN1C(=O)c2ccc3c4ccc5c6c(ccc(c7ccc(c2c37)C1=O)c64)C(=O)N(N1C(=O)c2ccc3c4ccc6c7c(ccc(c8ccc(c2c38)C1=O)c74)C(=O)N(Cc1ccccc1)C6=O)C5=O. The van der Waals surface area contributed by atoms with Gasteiger partial charge in [-0.15, -0.1) is 0 Å². The molecule has 11 aromatic rings. The van der Waals surface area contributed by atoms with Crippen LogP contribution in [0.15, 0.2) is 127 Å². The number of amides is 8. The van der Waals surface area contributed by atoms with Crippen molar-refractivity contribution in [1.82, 2.24) is 19.8 Å². The molecule has 0 saturated heterocycles. The van der Waals surface area contributed by atoms with Gasteiger partial charge in [0, 0.05) is 50.8 Å². The summed E-state index contributed by atoms with van der Waals surface area (Å²) in [5.74, 6) is -5.01. The second-order valence-corrected chi connectivity index (χ2v) is 18.0. The molecule has 0 fully saturated rings. The van der Waals surface area contributed by atoms with Crippen LogP contribution in [-0.2, 0) is 6.54 Å². The molecule has 0 aromatic heterocycles. The quantitative estimate of drug-likeness (QED) is 0.0968. The van der Waals surface area contributed by atoms with E-state index in [1.54, 1.807) is 72.8 Å². The molecule has 12 nitrogen and oxygen atoms in total. The van der Waals surface area contributed by atoms with E-state index in [2.05, 4.69) is 0 Å². The number of hydrogen-bond acceptors (Lipinski definition) is 8. The molecular formula is C56H26N4O8. The van der Waals surface area contributed by atoms with Gasteiger partial charge in [-0.1, -0.05) is 78.9 Å². The first-order valence-corrected chi connectivity index (χ1v) is 21.9. The Bertz CT molecular complexity index is 4200. The van der Waals surface area contributed by atoms with Gasteiger partial charge in [0.15, 0.2) is 0 Å². The van der Waals surface area contributed by atoms with E-state index >= 15 is 0 Å². The summed E-state index contributed by atoms with van der Waals surface area (Å²) in [4.78, 5) is 117. The lowest BCUT2D eigenvalue weighted by molar-refractivity contribution is 0.00213. The smallest absolute Gasteiger partial charge is 0.277 e. The molecule has 0 saturated carbocycles. The van der Waals surface area contributed by atoms with Crippen molar-refractivity contribution in [2.24, 2.45) is 0 Å². The van der Waals surface area contributed by atoms with Gasteiger partial charge in [0.1, 0.15) is 0 Å². The first-order chi connectivity index (χ1) is 33.0. The predicted octanol–water partition coefficient (Wildman–Crippen LogP) is 9.62. The molecule has 0 aliphatic carbocycles. The molecule has 12 heteroatoms. The van der Waals surface area contributed by atoms with E-state index < -0.39 is 47.3 Å². The Morgan fingerprint density at radius 1 is 0.279 bits per heavy atom. The molecule has 318 valence electrons. The number of carbonyl (C=O) groups is 8. The Balaban J connectivity index is 0.866. The van der Waals surface area contributed by atoms with Gasteiger partial charge in [-0.3, -0.25) is 48.2 Å². The fraction of sp³-hybridized carbons (Fsp3) is 0.0357. The van der Waals surface area contributed by atoms with Gasteiger partial charge >= 0.3 is 0 Å². The average Bonchev–Trinajstić information content (AvgIpc) is 3.36. The minimum Gasteiger partial charge on any atom is -0.277 e. The van der Waals surface area contributed by atoms with Gasteiger partial charge < -0.3 is 0 Å². The summed E-state index contributed by atoms with van der Waals surface area (Å²) >= 11 is 0. The molecular weight excluding hydrogens is 857 g/mol. The van der Waals surface area contributed by atoms with Crippen molar-refractivity contribution in [3.05, 3.63) is 177 Å². The van der Waals surface area contributed by atoms with Crippen LogP contribution in [0.5, 0.6) is 0 Å². The van der Waals surface area contributed by atoms with E-state index in [1.165, 1.54) is 11.9 Å². The maximum atomic E-state index is 14.9. The largest absolute Gasteiger partial charge is 0.281 e. The molecule has 4 heterocycles. The molecule has 0 spiro atoms. The lowest BCUT2D eigenvalue weighted by Crippen LogP contribution is -2.58. The highest BCUT2D eigenvalue weighted by molar-refractivity contribution is 6.44. The van der Waals surface area contributed by atoms with Crippen LogP contribution in [-0.4, -0.2) is 74.1 Å². The molecule has 0 bridgehead atoms. The van der Waals surface area contributed by atoms with Crippen LogP contribution in [0.25, 0.3) is 86.2 Å². The summed E-state index contributed by atoms with van der Waals surface area (Å²) in [6.45, 7) is 0.121. The van der Waals surface area contributed by atoms with E-state index in [0.717, 1.165) is 42.8 Å². The van der Waals surface area contributed by atoms with Crippen LogP contribution in [0.3, 0.4) is 0 Å². The number of carbonyl (C=O) groups excluding carboxylic acids is 8. The topological polar surface area (TPSA) is 150 Å². The minimum absolute atomic E-state index is 0.118. The first-order valence-electron chi connectivity index (χ1n) is 21.9. The van der Waals surface area contributed by atoms with Crippen LogP contribution < -0.4 is 0 Å². The molecule has 0 N–H and O–H groups in total. The lowest BCUT2D eigenvalue weighted by Gasteiger charge is -2.37. The first kappa shape index (κ1) is 36.9. The van der Waals surface area contributed by atoms with Crippen molar-refractivity contribution in [1.29, 1.82) is 0 Å². The molecule has 4 aliphatic rings. The van der Waals surface area contributed by atoms with Gasteiger partial charge in [0.2, 0.25) is 0 Å². The molecule has 4 aliphatic heterocycles. The summed E-state index contributed by atoms with van der Waals surface area (Å²) in [5, 5.41) is 11.6. The number of benzene rings is 11. The second-order valence-electron chi connectivity index (χ2n) is 18.0. The third kappa shape index (κ3) is 4.10. The third-order valence-corrected chi connectivity index (χ3v) is 14.9. The zero-order valence-corrected chi connectivity index (χ0v) is 35.4. The Hall–Kier alpha value is -9.42. The van der Waals surface area contributed by atoms with Gasteiger partial charge in [-0.25, -0.2) is 0 Å². The third-order valence-electron chi connectivity index (χ3n) is 14.9. The zero-order valence-electron chi connectivity index (χ0n) is 35.4. The summed E-state index contributed by atoms with van der Waals surface area (Å²) in [6.07, 6.45) is 0. The van der Waals surface area contributed by atoms with E-state index in [1.807, 2.05) is 54.6 Å². The summed E-state index contributed by atoms with van der Waals surface area (Å²) in [6, 6.07) is 37.0. The van der Waals surface area contributed by atoms with Crippen molar-refractivity contribution in [2.75, 3.05) is 7.05 Å². The fourth-order valence-electron chi connectivity index (χ4n) is 12.0. The van der Waals surface area contributed by atoms with Gasteiger partial charge in [0.25, 0.3) is 47.3 Å². The molecule has 68 heavy (non-hydrogen) atoms. The van der Waals surface area contributed by atoms with Crippen molar-refractivity contribution >= 4 is 133 Å². The zero-order chi connectivity index (χ0) is 45.9. The van der Waals surface area contributed by atoms with Crippen LogP contribution in [0.1, 0.15) is 88.4 Å². The van der Waals surface area contributed by atoms with Crippen molar-refractivity contribution in [3.8, 4) is 0 Å². The van der Waals surface area contributed by atoms with Gasteiger partial charge in [0.05, 0.1) is 28.8 Å². The maximum absolute atomic E-state index is 14.9. The highest BCUT2D eigenvalue weighted by atomic mass is 16.2.